The van der Waals surface area contributed by atoms with Crippen molar-refractivity contribution < 1.29 is 4.79 Å². The first kappa shape index (κ1) is 11.5. The highest BCUT2D eigenvalue weighted by molar-refractivity contribution is 5.97. The molecule has 0 saturated carbocycles. The summed E-state index contributed by atoms with van der Waals surface area (Å²) >= 11 is 0. The molecule has 3 N–H and O–H groups in total. The zero-order valence-electron chi connectivity index (χ0n) is 9.55. The fourth-order valence-electron chi connectivity index (χ4n) is 1.47. The van der Waals surface area contributed by atoms with Crippen molar-refractivity contribution in [2.24, 2.45) is 5.73 Å². The van der Waals surface area contributed by atoms with Crippen molar-refractivity contribution in [2.45, 2.75) is 13.0 Å². The molecule has 0 aliphatic carbocycles. The van der Waals surface area contributed by atoms with Gasteiger partial charge in [-0.3, -0.25) is 14.8 Å². The van der Waals surface area contributed by atoms with Gasteiger partial charge in [-0.1, -0.05) is 0 Å². The predicted molar refractivity (Wildman–Crippen MR) is 65.5 cm³/mol. The molecule has 0 unspecified atom stereocenters. The molecule has 5 heteroatoms. The number of carbonyl (C=O) groups excluding carboxylic acids is 1. The molecule has 0 bridgehead atoms. The molecule has 2 rings (SSSR count). The minimum Gasteiger partial charge on any atom is -0.348 e. The second kappa shape index (κ2) is 4.88. The molecule has 1 aromatic heterocycles. The number of nitrogens with zero attached hydrogens (tertiary/aromatic N) is 2. The standard InChI is InChI=1S/C12H14N4O/c1-8(7-13)16-12(17)9-2-3-10-11(6-9)15-5-4-14-10/h2-6,8H,7,13H2,1H3,(H,16,17)/t8-/m1/s1. The van der Waals surface area contributed by atoms with E-state index in [2.05, 4.69) is 15.3 Å². The highest BCUT2D eigenvalue weighted by Crippen LogP contribution is 2.10. The highest BCUT2D eigenvalue weighted by Gasteiger charge is 2.09. The number of aromatic nitrogens is 2. The molecule has 1 atom stereocenters. The number of hydrogen-bond acceptors (Lipinski definition) is 4. The summed E-state index contributed by atoms with van der Waals surface area (Å²) in [6.07, 6.45) is 3.23. The molecule has 0 spiro atoms. The van der Waals surface area contributed by atoms with Crippen molar-refractivity contribution in [1.82, 2.24) is 15.3 Å². The minimum absolute atomic E-state index is 0.0416. The van der Waals surface area contributed by atoms with E-state index in [1.54, 1.807) is 30.6 Å². The van der Waals surface area contributed by atoms with Crippen molar-refractivity contribution in [3.63, 3.8) is 0 Å². The monoisotopic (exact) mass is 230 g/mol. The van der Waals surface area contributed by atoms with Gasteiger partial charge in [0.25, 0.3) is 5.91 Å². The first-order chi connectivity index (χ1) is 8.20. The summed E-state index contributed by atoms with van der Waals surface area (Å²) in [7, 11) is 0. The fraction of sp³-hybridized carbons (Fsp3) is 0.250. The Hall–Kier alpha value is -2.01. The summed E-state index contributed by atoms with van der Waals surface area (Å²) in [6, 6.07) is 5.20. The van der Waals surface area contributed by atoms with E-state index in [9.17, 15) is 4.79 Å². The molecular weight excluding hydrogens is 216 g/mol. The molecule has 2 aromatic rings. The Kier molecular flexibility index (Phi) is 3.30. The van der Waals surface area contributed by atoms with Gasteiger partial charge < -0.3 is 11.1 Å². The number of rotatable bonds is 3. The lowest BCUT2D eigenvalue weighted by Crippen LogP contribution is -2.37. The van der Waals surface area contributed by atoms with Crippen molar-refractivity contribution in [3.05, 3.63) is 36.2 Å². The molecule has 5 nitrogen and oxygen atoms in total. The zero-order chi connectivity index (χ0) is 12.3. The minimum atomic E-state index is -0.143. The summed E-state index contributed by atoms with van der Waals surface area (Å²) in [5, 5.41) is 2.80. The summed E-state index contributed by atoms with van der Waals surface area (Å²) in [5.41, 5.74) is 7.50. The Labute approximate surface area is 99.1 Å². The van der Waals surface area contributed by atoms with Gasteiger partial charge in [-0.2, -0.15) is 0 Å². The van der Waals surface area contributed by atoms with E-state index < -0.39 is 0 Å². The van der Waals surface area contributed by atoms with Crippen LogP contribution in [0.1, 0.15) is 17.3 Å². The molecule has 17 heavy (non-hydrogen) atoms. The predicted octanol–water partition coefficient (Wildman–Crippen LogP) is 0.707. The summed E-state index contributed by atoms with van der Waals surface area (Å²) in [4.78, 5) is 20.1. The lowest BCUT2D eigenvalue weighted by molar-refractivity contribution is 0.0941. The molecular formula is C12H14N4O. The first-order valence-electron chi connectivity index (χ1n) is 5.42. The highest BCUT2D eigenvalue weighted by atomic mass is 16.1. The van der Waals surface area contributed by atoms with Crippen LogP contribution in [0.3, 0.4) is 0 Å². The van der Waals surface area contributed by atoms with Crippen LogP contribution in [0.5, 0.6) is 0 Å². The van der Waals surface area contributed by atoms with E-state index in [1.165, 1.54) is 0 Å². The molecule has 1 amide bonds. The van der Waals surface area contributed by atoms with Crippen LogP contribution in [0.2, 0.25) is 0 Å². The average Bonchev–Trinajstić information content (AvgIpc) is 2.38. The lowest BCUT2D eigenvalue weighted by Gasteiger charge is -2.11. The Morgan fingerprint density at radius 2 is 2.06 bits per heavy atom. The molecule has 0 saturated heterocycles. The number of fused-ring (bicyclic) bond motifs is 1. The van der Waals surface area contributed by atoms with E-state index in [-0.39, 0.29) is 11.9 Å². The Balaban J connectivity index is 2.27. The average molecular weight is 230 g/mol. The number of hydrogen-bond donors (Lipinski definition) is 2. The number of benzene rings is 1. The summed E-state index contributed by atoms with van der Waals surface area (Å²) < 4.78 is 0. The van der Waals surface area contributed by atoms with Gasteiger partial charge in [0.1, 0.15) is 0 Å². The van der Waals surface area contributed by atoms with Crippen LogP contribution >= 0.6 is 0 Å². The van der Waals surface area contributed by atoms with Gasteiger partial charge in [-0.15, -0.1) is 0 Å². The fourth-order valence-corrected chi connectivity index (χ4v) is 1.47. The van der Waals surface area contributed by atoms with Gasteiger partial charge in [-0.05, 0) is 25.1 Å². The SMILES string of the molecule is C[C@H](CN)NC(=O)c1ccc2nccnc2c1. The summed E-state index contributed by atoms with van der Waals surface area (Å²) in [6.45, 7) is 2.28. The van der Waals surface area contributed by atoms with E-state index >= 15 is 0 Å². The van der Waals surface area contributed by atoms with E-state index in [4.69, 9.17) is 5.73 Å². The smallest absolute Gasteiger partial charge is 0.251 e. The van der Waals surface area contributed by atoms with Crippen molar-refractivity contribution in [2.75, 3.05) is 6.54 Å². The van der Waals surface area contributed by atoms with Crippen LogP contribution in [0.25, 0.3) is 11.0 Å². The van der Waals surface area contributed by atoms with Gasteiger partial charge >= 0.3 is 0 Å². The van der Waals surface area contributed by atoms with Crippen molar-refractivity contribution >= 4 is 16.9 Å². The third kappa shape index (κ3) is 2.57. The van der Waals surface area contributed by atoms with Crippen molar-refractivity contribution in [3.8, 4) is 0 Å². The normalized spacial score (nSPS) is 12.4. The Morgan fingerprint density at radius 1 is 1.35 bits per heavy atom. The van der Waals surface area contributed by atoms with Gasteiger partial charge in [0.05, 0.1) is 11.0 Å². The number of carbonyl (C=O) groups is 1. The maximum Gasteiger partial charge on any atom is 0.251 e. The van der Waals surface area contributed by atoms with E-state index in [0.29, 0.717) is 17.6 Å². The van der Waals surface area contributed by atoms with Crippen molar-refractivity contribution in [1.29, 1.82) is 0 Å². The van der Waals surface area contributed by atoms with Crippen LogP contribution in [-0.2, 0) is 0 Å². The second-order valence-electron chi connectivity index (χ2n) is 3.87. The van der Waals surface area contributed by atoms with Gasteiger partial charge in [0, 0.05) is 30.5 Å². The Bertz CT molecular complexity index is 541. The quantitative estimate of drug-likeness (QED) is 0.813. The summed E-state index contributed by atoms with van der Waals surface area (Å²) in [5.74, 6) is -0.143. The first-order valence-corrected chi connectivity index (χ1v) is 5.42. The second-order valence-corrected chi connectivity index (χ2v) is 3.87. The van der Waals surface area contributed by atoms with Gasteiger partial charge in [0.15, 0.2) is 0 Å². The molecule has 88 valence electrons. The number of nitrogens with one attached hydrogen (secondary N) is 1. The van der Waals surface area contributed by atoms with E-state index in [1.807, 2.05) is 6.92 Å². The largest absolute Gasteiger partial charge is 0.348 e. The van der Waals surface area contributed by atoms with Gasteiger partial charge in [-0.25, -0.2) is 0 Å². The van der Waals surface area contributed by atoms with Crippen LogP contribution in [0.15, 0.2) is 30.6 Å². The number of amides is 1. The third-order valence-corrected chi connectivity index (χ3v) is 2.46. The molecule has 1 heterocycles. The van der Waals surface area contributed by atoms with Gasteiger partial charge in [0.2, 0.25) is 0 Å². The van der Waals surface area contributed by atoms with Crippen LogP contribution in [0, 0.1) is 0 Å². The molecule has 0 radical (unpaired) electrons. The molecule has 1 aromatic carbocycles. The maximum absolute atomic E-state index is 11.8. The Morgan fingerprint density at radius 3 is 2.76 bits per heavy atom. The van der Waals surface area contributed by atoms with Crippen LogP contribution in [-0.4, -0.2) is 28.5 Å². The maximum atomic E-state index is 11.8. The number of nitrogens with two attached hydrogens (primary N) is 1. The molecule has 0 fully saturated rings. The molecule has 0 aliphatic heterocycles. The van der Waals surface area contributed by atoms with Crippen LogP contribution < -0.4 is 11.1 Å². The zero-order valence-corrected chi connectivity index (χ0v) is 9.55. The molecule has 0 aliphatic rings. The topological polar surface area (TPSA) is 80.9 Å². The van der Waals surface area contributed by atoms with E-state index in [0.717, 1.165) is 5.52 Å². The van der Waals surface area contributed by atoms with Crippen LogP contribution in [0.4, 0.5) is 0 Å². The third-order valence-electron chi connectivity index (χ3n) is 2.46. The lowest BCUT2D eigenvalue weighted by atomic mass is 10.1.